The summed E-state index contributed by atoms with van der Waals surface area (Å²) in [6, 6.07) is 4.07. The van der Waals surface area contributed by atoms with Crippen molar-refractivity contribution in [2.75, 3.05) is 26.8 Å². The zero-order valence-electron chi connectivity index (χ0n) is 9.40. The van der Waals surface area contributed by atoms with E-state index in [4.69, 9.17) is 15.3 Å². The number of carbonyl (C=O) groups excluding carboxylic acids is 1. The van der Waals surface area contributed by atoms with Crippen molar-refractivity contribution in [1.82, 2.24) is 4.90 Å². The molecule has 1 amide bonds. The van der Waals surface area contributed by atoms with Crippen LogP contribution in [0.15, 0.2) is 0 Å². The van der Waals surface area contributed by atoms with E-state index in [1.807, 2.05) is 6.07 Å². The Bertz CT molecular complexity index is 336. The lowest BCUT2D eigenvalue weighted by Gasteiger charge is -2.23. The molecule has 5 heteroatoms. The Morgan fingerprint density at radius 1 is 1.44 bits per heavy atom. The van der Waals surface area contributed by atoms with Crippen LogP contribution in [-0.2, 0) is 9.53 Å². The van der Waals surface area contributed by atoms with Gasteiger partial charge in [-0.25, -0.2) is 0 Å². The largest absolute Gasteiger partial charge is 0.383 e. The summed E-state index contributed by atoms with van der Waals surface area (Å²) >= 11 is 0. The van der Waals surface area contributed by atoms with Crippen molar-refractivity contribution in [3.05, 3.63) is 0 Å². The van der Waals surface area contributed by atoms with Gasteiger partial charge in [0.05, 0.1) is 25.2 Å². The molecule has 0 radical (unpaired) electrons. The van der Waals surface area contributed by atoms with Crippen LogP contribution in [0, 0.1) is 28.1 Å². The highest BCUT2D eigenvalue weighted by Gasteiger charge is 2.52. The maximum atomic E-state index is 12.0. The fourth-order valence-corrected chi connectivity index (χ4v) is 1.50. The molecule has 0 aromatic rings. The van der Waals surface area contributed by atoms with Crippen molar-refractivity contribution in [1.29, 1.82) is 10.5 Å². The minimum atomic E-state index is -0.802. The average Bonchev–Trinajstić information content (AvgIpc) is 3.09. The number of nitriles is 2. The molecule has 0 aliphatic heterocycles. The van der Waals surface area contributed by atoms with E-state index in [0.29, 0.717) is 32.5 Å². The number of hydrogen-bond acceptors (Lipinski definition) is 4. The molecule has 0 N–H and O–H groups in total. The van der Waals surface area contributed by atoms with Crippen LogP contribution in [0.2, 0.25) is 0 Å². The van der Waals surface area contributed by atoms with E-state index < -0.39 is 5.41 Å². The van der Waals surface area contributed by atoms with Gasteiger partial charge in [-0.2, -0.15) is 10.5 Å². The van der Waals surface area contributed by atoms with Crippen LogP contribution < -0.4 is 0 Å². The van der Waals surface area contributed by atoms with Gasteiger partial charge in [-0.3, -0.25) is 4.79 Å². The monoisotopic (exact) mass is 221 g/mol. The first-order chi connectivity index (χ1) is 7.70. The molecule has 0 aromatic carbocycles. The highest BCUT2D eigenvalue weighted by Crippen LogP contribution is 2.46. The van der Waals surface area contributed by atoms with Crippen LogP contribution >= 0.6 is 0 Å². The van der Waals surface area contributed by atoms with Crippen molar-refractivity contribution in [3.63, 3.8) is 0 Å². The van der Waals surface area contributed by atoms with Crippen molar-refractivity contribution in [2.24, 2.45) is 5.41 Å². The van der Waals surface area contributed by atoms with Crippen molar-refractivity contribution in [3.8, 4) is 12.1 Å². The normalized spacial score (nSPS) is 15.9. The minimum Gasteiger partial charge on any atom is -0.383 e. The molecule has 1 rings (SSSR count). The zero-order valence-corrected chi connectivity index (χ0v) is 9.40. The third kappa shape index (κ3) is 2.71. The second kappa shape index (κ2) is 5.48. The summed E-state index contributed by atoms with van der Waals surface area (Å²) in [5.41, 5.74) is -0.802. The van der Waals surface area contributed by atoms with Gasteiger partial charge < -0.3 is 9.64 Å². The van der Waals surface area contributed by atoms with Crippen LogP contribution in [-0.4, -0.2) is 37.6 Å². The fourth-order valence-electron chi connectivity index (χ4n) is 1.50. The maximum Gasteiger partial charge on any atom is 0.243 e. The molecule has 0 aromatic heterocycles. The standard InChI is InChI=1S/C11H15N3O2/c1-16-8-7-14(6-2-5-12)10(15)11(9-13)3-4-11/h2-4,6-8H2,1H3. The summed E-state index contributed by atoms with van der Waals surface area (Å²) in [5.74, 6) is -0.151. The van der Waals surface area contributed by atoms with E-state index in [1.165, 1.54) is 0 Å². The number of carbonyl (C=O) groups is 1. The lowest BCUT2D eigenvalue weighted by molar-refractivity contribution is -0.135. The van der Waals surface area contributed by atoms with Gasteiger partial charge in [0, 0.05) is 20.2 Å². The van der Waals surface area contributed by atoms with E-state index in [0.717, 1.165) is 0 Å². The van der Waals surface area contributed by atoms with Crippen molar-refractivity contribution in [2.45, 2.75) is 19.3 Å². The molecular weight excluding hydrogens is 206 g/mol. The molecule has 1 aliphatic rings. The van der Waals surface area contributed by atoms with Gasteiger partial charge in [0.1, 0.15) is 5.41 Å². The van der Waals surface area contributed by atoms with Gasteiger partial charge in [0.15, 0.2) is 0 Å². The molecule has 1 aliphatic carbocycles. The summed E-state index contributed by atoms with van der Waals surface area (Å²) in [6.45, 7) is 1.25. The van der Waals surface area contributed by atoms with E-state index in [2.05, 4.69) is 6.07 Å². The second-order valence-electron chi connectivity index (χ2n) is 3.89. The molecule has 0 unspecified atom stereocenters. The minimum absolute atomic E-state index is 0.151. The Morgan fingerprint density at radius 2 is 2.12 bits per heavy atom. The van der Waals surface area contributed by atoms with E-state index >= 15 is 0 Å². The van der Waals surface area contributed by atoms with E-state index in [1.54, 1.807) is 12.0 Å². The number of hydrogen-bond donors (Lipinski definition) is 0. The molecule has 1 fully saturated rings. The van der Waals surface area contributed by atoms with Crippen LogP contribution in [0.3, 0.4) is 0 Å². The topological polar surface area (TPSA) is 77.1 Å². The van der Waals surface area contributed by atoms with Gasteiger partial charge in [-0.15, -0.1) is 0 Å². The molecule has 0 heterocycles. The fraction of sp³-hybridized carbons (Fsp3) is 0.727. The lowest BCUT2D eigenvalue weighted by Crippen LogP contribution is -2.39. The number of rotatable bonds is 6. The predicted octanol–water partition coefficient (Wildman–Crippen LogP) is 0.679. The average molecular weight is 221 g/mol. The number of ether oxygens (including phenoxy) is 1. The first kappa shape index (κ1) is 12.5. The third-order valence-corrected chi connectivity index (χ3v) is 2.72. The summed E-state index contributed by atoms with van der Waals surface area (Å²) in [6.07, 6.45) is 1.56. The molecule has 0 spiro atoms. The van der Waals surface area contributed by atoms with Crippen LogP contribution in [0.4, 0.5) is 0 Å². The van der Waals surface area contributed by atoms with E-state index in [9.17, 15) is 4.79 Å². The summed E-state index contributed by atoms with van der Waals surface area (Å²) < 4.78 is 4.91. The first-order valence-corrected chi connectivity index (χ1v) is 5.26. The number of amides is 1. The number of methoxy groups -OCH3 is 1. The zero-order chi connectivity index (χ0) is 12.0. The second-order valence-corrected chi connectivity index (χ2v) is 3.89. The van der Waals surface area contributed by atoms with Gasteiger partial charge >= 0.3 is 0 Å². The quantitative estimate of drug-likeness (QED) is 0.660. The Morgan fingerprint density at radius 3 is 2.56 bits per heavy atom. The molecule has 1 saturated carbocycles. The van der Waals surface area contributed by atoms with Gasteiger partial charge in [-0.1, -0.05) is 0 Å². The highest BCUT2D eigenvalue weighted by molar-refractivity contribution is 5.88. The first-order valence-electron chi connectivity index (χ1n) is 5.26. The van der Waals surface area contributed by atoms with Crippen LogP contribution in [0.25, 0.3) is 0 Å². The predicted molar refractivity (Wildman–Crippen MR) is 56.0 cm³/mol. The van der Waals surface area contributed by atoms with Crippen LogP contribution in [0.5, 0.6) is 0 Å². The van der Waals surface area contributed by atoms with Gasteiger partial charge in [0.2, 0.25) is 5.91 Å². The molecular formula is C11H15N3O2. The highest BCUT2D eigenvalue weighted by atomic mass is 16.5. The van der Waals surface area contributed by atoms with Gasteiger partial charge in [-0.05, 0) is 12.8 Å². The molecule has 0 atom stereocenters. The Hall–Kier alpha value is -1.59. The molecule has 86 valence electrons. The SMILES string of the molecule is COCCN(CCC#N)C(=O)C1(C#N)CC1. The van der Waals surface area contributed by atoms with Crippen LogP contribution in [0.1, 0.15) is 19.3 Å². The maximum absolute atomic E-state index is 12.0. The molecule has 0 bridgehead atoms. The Balaban J connectivity index is 2.58. The molecule has 0 saturated heterocycles. The third-order valence-electron chi connectivity index (χ3n) is 2.72. The van der Waals surface area contributed by atoms with Crippen molar-refractivity contribution < 1.29 is 9.53 Å². The summed E-state index contributed by atoms with van der Waals surface area (Å²) in [7, 11) is 1.56. The Labute approximate surface area is 95.2 Å². The molecule has 5 nitrogen and oxygen atoms in total. The summed E-state index contributed by atoms with van der Waals surface area (Å²) in [4.78, 5) is 13.6. The lowest BCUT2D eigenvalue weighted by atomic mass is 10.1. The van der Waals surface area contributed by atoms with Crippen molar-refractivity contribution >= 4 is 5.91 Å². The van der Waals surface area contributed by atoms with Gasteiger partial charge in [0.25, 0.3) is 0 Å². The Kier molecular flexibility index (Phi) is 4.28. The number of nitrogens with zero attached hydrogens (tertiary/aromatic N) is 3. The summed E-state index contributed by atoms with van der Waals surface area (Å²) in [5, 5.41) is 17.4. The van der Waals surface area contributed by atoms with E-state index in [-0.39, 0.29) is 12.3 Å². The smallest absolute Gasteiger partial charge is 0.243 e. The molecule has 16 heavy (non-hydrogen) atoms.